The molecular weight excluding hydrogens is 313 g/mol. The minimum atomic E-state index is -0.290. The van der Waals surface area contributed by atoms with Crippen molar-refractivity contribution in [2.75, 3.05) is 19.7 Å². The lowest BCUT2D eigenvalue weighted by Crippen LogP contribution is -2.47. The zero-order chi connectivity index (χ0) is 17.1. The number of rotatable bonds is 3. The van der Waals surface area contributed by atoms with E-state index in [0.29, 0.717) is 25.5 Å². The highest BCUT2D eigenvalue weighted by atomic mass is 19.1. The molecule has 0 unspecified atom stereocenters. The number of hydrogen-bond acceptors (Lipinski definition) is 4. The van der Waals surface area contributed by atoms with Gasteiger partial charge in [-0.1, -0.05) is 12.1 Å². The SMILES string of the molecule is C[C@@H](NC(=O)N1CCO[C@H](c2ccc(F)cc2)C1)c1nncn1C. The number of nitrogens with zero attached hydrogens (tertiary/aromatic N) is 4. The van der Waals surface area contributed by atoms with Crippen LogP contribution in [0, 0.1) is 5.82 Å². The van der Waals surface area contributed by atoms with E-state index in [1.807, 2.05) is 14.0 Å². The Kier molecular flexibility index (Phi) is 4.75. The number of aryl methyl sites for hydroxylation is 1. The molecule has 1 saturated heterocycles. The number of aromatic nitrogens is 3. The van der Waals surface area contributed by atoms with Gasteiger partial charge >= 0.3 is 6.03 Å². The first-order valence-electron chi connectivity index (χ1n) is 7.81. The summed E-state index contributed by atoms with van der Waals surface area (Å²) in [5.41, 5.74) is 0.857. The molecule has 0 spiro atoms. The fourth-order valence-corrected chi connectivity index (χ4v) is 2.74. The molecule has 1 aromatic carbocycles. The molecule has 2 heterocycles. The molecule has 128 valence electrons. The van der Waals surface area contributed by atoms with Crippen LogP contribution in [0.4, 0.5) is 9.18 Å². The van der Waals surface area contributed by atoms with E-state index in [1.165, 1.54) is 12.1 Å². The molecule has 8 heteroatoms. The quantitative estimate of drug-likeness (QED) is 0.930. The number of urea groups is 1. The van der Waals surface area contributed by atoms with Gasteiger partial charge in [-0.2, -0.15) is 0 Å². The first kappa shape index (κ1) is 16.4. The molecule has 0 bridgehead atoms. The molecule has 1 aliphatic rings. The predicted molar refractivity (Wildman–Crippen MR) is 84.6 cm³/mol. The molecule has 24 heavy (non-hydrogen) atoms. The summed E-state index contributed by atoms with van der Waals surface area (Å²) in [5.74, 6) is 0.397. The van der Waals surface area contributed by atoms with Gasteiger partial charge in [0.25, 0.3) is 0 Å². The van der Waals surface area contributed by atoms with Gasteiger partial charge in [-0.25, -0.2) is 9.18 Å². The van der Waals surface area contributed by atoms with Gasteiger partial charge in [-0.05, 0) is 24.6 Å². The molecule has 1 N–H and O–H groups in total. The summed E-state index contributed by atoms with van der Waals surface area (Å²) in [5, 5.41) is 10.7. The van der Waals surface area contributed by atoms with Crippen molar-refractivity contribution in [2.45, 2.75) is 19.1 Å². The molecule has 2 aromatic rings. The Labute approximate surface area is 139 Å². The summed E-state index contributed by atoms with van der Waals surface area (Å²) in [6, 6.07) is 5.73. The summed E-state index contributed by atoms with van der Waals surface area (Å²) in [7, 11) is 1.83. The highest BCUT2D eigenvalue weighted by molar-refractivity contribution is 5.74. The second kappa shape index (κ2) is 6.96. The van der Waals surface area contributed by atoms with Gasteiger partial charge in [-0.15, -0.1) is 10.2 Å². The van der Waals surface area contributed by atoms with E-state index >= 15 is 0 Å². The lowest BCUT2D eigenvalue weighted by atomic mass is 10.1. The topological polar surface area (TPSA) is 72.3 Å². The van der Waals surface area contributed by atoms with Gasteiger partial charge in [0.1, 0.15) is 18.2 Å². The van der Waals surface area contributed by atoms with Crippen molar-refractivity contribution < 1.29 is 13.9 Å². The minimum Gasteiger partial charge on any atom is -0.370 e. The molecule has 1 fully saturated rings. The van der Waals surface area contributed by atoms with Gasteiger partial charge in [0.15, 0.2) is 5.82 Å². The van der Waals surface area contributed by atoms with Crippen LogP contribution in [-0.2, 0) is 11.8 Å². The summed E-state index contributed by atoms with van der Waals surface area (Å²) in [6.45, 7) is 3.23. The molecule has 2 atom stereocenters. The highest BCUT2D eigenvalue weighted by Crippen LogP contribution is 2.22. The number of halogens is 1. The van der Waals surface area contributed by atoms with Crippen LogP contribution >= 0.6 is 0 Å². The van der Waals surface area contributed by atoms with Crippen LogP contribution in [0.1, 0.15) is 30.5 Å². The Bertz CT molecular complexity index is 703. The number of carbonyl (C=O) groups excluding carboxylic acids is 1. The summed E-state index contributed by atoms with van der Waals surface area (Å²) in [4.78, 5) is 14.2. The van der Waals surface area contributed by atoms with E-state index in [2.05, 4.69) is 15.5 Å². The number of morpholine rings is 1. The summed E-state index contributed by atoms with van der Waals surface area (Å²) >= 11 is 0. The maximum atomic E-state index is 13.0. The molecule has 0 radical (unpaired) electrons. The van der Waals surface area contributed by atoms with Crippen molar-refractivity contribution in [3.8, 4) is 0 Å². The van der Waals surface area contributed by atoms with Crippen LogP contribution in [0.3, 0.4) is 0 Å². The standard InChI is InChI=1S/C16H20FN5O2/c1-11(15-20-18-10-21(15)2)19-16(23)22-7-8-24-14(9-22)12-3-5-13(17)6-4-12/h3-6,10-11,14H,7-9H2,1-2H3,(H,19,23)/t11-,14+/m1/s1. The first-order chi connectivity index (χ1) is 11.5. The minimum absolute atomic E-state index is 0.180. The lowest BCUT2D eigenvalue weighted by Gasteiger charge is -2.33. The van der Waals surface area contributed by atoms with Crippen LogP contribution in [0.25, 0.3) is 0 Å². The van der Waals surface area contributed by atoms with E-state index in [1.54, 1.807) is 27.9 Å². The second-order valence-electron chi connectivity index (χ2n) is 5.83. The molecule has 1 aromatic heterocycles. The van der Waals surface area contributed by atoms with Crippen LogP contribution in [0.5, 0.6) is 0 Å². The third-order valence-corrected chi connectivity index (χ3v) is 4.07. The van der Waals surface area contributed by atoms with Crippen LogP contribution < -0.4 is 5.32 Å². The van der Waals surface area contributed by atoms with Crippen molar-refractivity contribution in [3.05, 3.63) is 47.8 Å². The number of ether oxygens (including phenoxy) is 1. The molecule has 3 rings (SSSR count). The van der Waals surface area contributed by atoms with Crippen molar-refractivity contribution in [2.24, 2.45) is 7.05 Å². The van der Waals surface area contributed by atoms with Crippen molar-refractivity contribution in [3.63, 3.8) is 0 Å². The maximum absolute atomic E-state index is 13.0. The first-order valence-corrected chi connectivity index (χ1v) is 7.81. The molecule has 0 aliphatic carbocycles. The summed E-state index contributed by atoms with van der Waals surface area (Å²) < 4.78 is 20.5. The Balaban J connectivity index is 1.62. The largest absolute Gasteiger partial charge is 0.370 e. The zero-order valence-corrected chi connectivity index (χ0v) is 13.6. The van der Waals surface area contributed by atoms with Crippen molar-refractivity contribution >= 4 is 6.03 Å². The van der Waals surface area contributed by atoms with Gasteiger partial charge in [-0.3, -0.25) is 0 Å². The molecule has 0 saturated carbocycles. The molecule has 2 amide bonds. The number of hydrogen-bond donors (Lipinski definition) is 1. The Morgan fingerprint density at radius 1 is 1.42 bits per heavy atom. The average Bonchev–Trinajstić information content (AvgIpc) is 3.02. The van der Waals surface area contributed by atoms with Crippen LogP contribution in [0.15, 0.2) is 30.6 Å². The highest BCUT2D eigenvalue weighted by Gasteiger charge is 2.27. The third-order valence-electron chi connectivity index (χ3n) is 4.07. The van der Waals surface area contributed by atoms with Gasteiger partial charge < -0.3 is 19.5 Å². The van der Waals surface area contributed by atoms with E-state index < -0.39 is 0 Å². The molecule has 7 nitrogen and oxygen atoms in total. The number of nitrogens with one attached hydrogen (secondary N) is 1. The zero-order valence-electron chi connectivity index (χ0n) is 13.6. The van der Waals surface area contributed by atoms with Gasteiger partial charge in [0.05, 0.1) is 19.2 Å². The normalized spacial score (nSPS) is 19.1. The smallest absolute Gasteiger partial charge is 0.318 e. The fourth-order valence-electron chi connectivity index (χ4n) is 2.74. The molecule has 1 aliphatic heterocycles. The fraction of sp³-hybridized carbons (Fsp3) is 0.438. The van der Waals surface area contributed by atoms with Gasteiger partial charge in [0, 0.05) is 13.6 Å². The Hall–Kier alpha value is -2.48. The lowest BCUT2D eigenvalue weighted by molar-refractivity contribution is -0.0158. The van der Waals surface area contributed by atoms with E-state index in [4.69, 9.17) is 4.74 Å². The van der Waals surface area contributed by atoms with Crippen molar-refractivity contribution in [1.29, 1.82) is 0 Å². The van der Waals surface area contributed by atoms with E-state index in [0.717, 1.165) is 5.56 Å². The summed E-state index contributed by atoms with van der Waals surface area (Å²) in [6.07, 6.45) is 1.34. The van der Waals surface area contributed by atoms with Crippen molar-refractivity contribution in [1.82, 2.24) is 25.0 Å². The Morgan fingerprint density at radius 2 is 2.17 bits per heavy atom. The number of benzene rings is 1. The maximum Gasteiger partial charge on any atom is 0.318 e. The second-order valence-corrected chi connectivity index (χ2v) is 5.83. The Morgan fingerprint density at radius 3 is 2.83 bits per heavy atom. The molecular formula is C16H20FN5O2. The predicted octanol–water partition coefficient (Wildman–Crippen LogP) is 1.80. The van der Waals surface area contributed by atoms with Gasteiger partial charge in [0.2, 0.25) is 0 Å². The number of amides is 2. The average molecular weight is 333 g/mol. The van der Waals surface area contributed by atoms with E-state index in [-0.39, 0.29) is 24.0 Å². The van der Waals surface area contributed by atoms with Crippen LogP contribution in [-0.4, -0.2) is 45.4 Å². The monoisotopic (exact) mass is 333 g/mol. The number of carbonyl (C=O) groups is 1. The van der Waals surface area contributed by atoms with Crippen LogP contribution in [0.2, 0.25) is 0 Å². The van der Waals surface area contributed by atoms with E-state index in [9.17, 15) is 9.18 Å². The third kappa shape index (κ3) is 3.53.